The second-order valence-electron chi connectivity index (χ2n) is 3.86. The van der Waals surface area contributed by atoms with Crippen LogP contribution < -0.4 is 0 Å². The second-order valence-corrected chi connectivity index (χ2v) is 3.86. The monoisotopic (exact) mass is 189 g/mol. The molecule has 0 N–H and O–H groups in total. The summed E-state index contributed by atoms with van der Waals surface area (Å²) in [5, 5.41) is 9.00. The summed E-state index contributed by atoms with van der Waals surface area (Å²) in [6.07, 6.45) is 0. The highest BCUT2D eigenvalue weighted by atomic mass is 14.9. The molecule has 1 rings (SSSR count). The van der Waals surface area contributed by atoms with E-state index in [2.05, 4.69) is 16.0 Å². The molecule has 0 spiro atoms. The first-order valence-electron chi connectivity index (χ1n) is 4.76. The Morgan fingerprint density at radius 1 is 1.21 bits per heavy atom. The van der Waals surface area contributed by atoms with E-state index in [0.29, 0.717) is 5.82 Å². The van der Waals surface area contributed by atoms with Gasteiger partial charge in [0.15, 0.2) is 0 Å². The number of nitriles is 1. The molecule has 0 saturated carbocycles. The van der Waals surface area contributed by atoms with Gasteiger partial charge in [0, 0.05) is 11.4 Å². The molecule has 0 aliphatic rings. The molecule has 0 bridgehead atoms. The van der Waals surface area contributed by atoms with Crippen LogP contribution in [0.5, 0.6) is 0 Å². The standard InChI is InChI=1S/C11H15N3/c1-7(2)10(6-12)11-13-8(3)5-9(4)14-11/h5,7,10H,1-4H3. The molecule has 0 aliphatic heterocycles. The Labute approximate surface area is 84.8 Å². The van der Waals surface area contributed by atoms with Crippen LogP contribution in [-0.4, -0.2) is 9.97 Å². The number of aryl methyl sites for hydroxylation is 2. The van der Waals surface area contributed by atoms with E-state index in [-0.39, 0.29) is 11.8 Å². The maximum absolute atomic E-state index is 9.00. The molecule has 0 aromatic carbocycles. The molecule has 3 nitrogen and oxygen atoms in total. The van der Waals surface area contributed by atoms with Crippen molar-refractivity contribution in [2.24, 2.45) is 5.92 Å². The maximum atomic E-state index is 9.00. The van der Waals surface area contributed by atoms with Crippen LogP contribution >= 0.6 is 0 Å². The number of hydrogen-bond acceptors (Lipinski definition) is 3. The quantitative estimate of drug-likeness (QED) is 0.717. The van der Waals surface area contributed by atoms with Crippen molar-refractivity contribution in [2.45, 2.75) is 33.6 Å². The Morgan fingerprint density at radius 2 is 1.71 bits per heavy atom. The van der Waals surface area contributed by atoms with Gasteiger partial charge in [-0.25, -0.2) is 9.97 Å². The van der Waals surface area contributed by atoms with Gasteiger partial charge in [-0.1, -0.05) is 13.8 Å². The van der Waals surface area contributed by atoms with Crippen LogP contribution in [0.4, 0.5) is 0 Å². The first-order chi connectivity index (χ1) is 6.54. The van der Waals surface area contributed by atoms with E-state index >= 15 is 0 Å². The highest BCUT2D eigenvalue weighted by molar-refractivity contribution is 5.15. The molecule has 1 atom stereocenters. The Kier molecular flexibility index (Phi) is 3.19. The largest absolute Gasteiger partial charge is 0.237 e. The van der Waals surface area contributed by atoms with Crippen molar-refractivity contribution in [1.29, 1.82) is 5.26 Å². The van der Waals surface area contributed by atoms with Gasteiger partial charge in [0.05, 0.1) is 6.07 Å². The lowest BCUT2D eigenvalue weighted by molar-refractivity contribution is 0.558. The Morgan fingerprint density at radius 3 is 2.07 bits per heavy atom. The third-order valence-electron chi connectivity index (χ3n) is 2.08. The molecule has 0 fully saturated rings. The topological polar surface area (TPSA) is 49.6 Å². The van der Waals surface area contributed by atoms with Gasteiger partial charge in [-0.3, -0.25) is 0 Å². The van der Waals surface area contributed by atoms with E-state index < -0.39 is 0 Å². The molecule has 3 heteroatoms. The Balaban J connectivity index is 3.12. The summed E-state index contributed by atoms with van der Waals surface area (Å²) in [5.41, 5.74) is 1.85. The van der Waals surface area contributed by atoms with Crippen molar-refractivity contribution < 1.29 is 0 Å². The zero-order chi connectivity index (χ0) is 10.7. The number of nitrogens with zero attached hydrogens (tertiary/aromatic N) is 3. The molecule has 14 heavy (non-hydrogen) atoms. The predicted octanol–water partition coefficient (Wildman–Crippen LogP) is 2.36. The van der Waals surface area contributed by atoms with E-state index in [4.69, 9.17) is 5.26 Å². The van der Waals surface area contributed by atoms with Crippen molar-refractivity contribution in [3.8, 4) is 6.07 Å². The third kappa shape index (κ3) is 2.29. The Bertz CT molecular complexity index is 343. The van der Waals surface area contributed by atoms with Crippen LogP contribution in [0.2, 0.25) is 0 Å². The van der Waals surface area contributed by atoms with Gasteiger partial charge in [0.1, 0.15) is 11.7 Å². The van der Waals surface area contributed by atoms with Crippen molar-refractivity contribution >= 4 is 0 Å². The minimum absolute atomic E-state index is 0.200. The zero-order valence-electron chi connectivity index (χ0n) is 9.07. The SMILES string of the molecule is Cc1cc(C)nc(C(C#N)C(C)C)n1. The second kappa shape index (κ2) is 4.19. The average molecular weight is 189 g/mol. The van der Waals surface area contributed by atoms with Gasteiger partial charge in [-0.2, -0.15) is 5.26 Å². The summed E-state index contributed by atoms with van der Waals surface area (Å²) in [5.74, 6) is 0.704. The first kappa shape index (κ1) is 10.6. The molecule has 1 aromatic heterocycles. The lowest BCUT2D eigenvalue weighted by Gasteiger charge is -2.12. The van der Waals surface area contributed by atoms with Crippen molar-refractivity contribution in [3.63, 3.8) is 0 Å². The summed E-state index contributed by atoms with van der Waals surface area (Å²) >= 11 is 0. The van der Waals surface area contributed by atoms with Gasteiger partial charge in [-0.15, -0.1) is 0 Å². The van der Waals surface area contributed by atoms with Crippen molar-refractivity contribution in [1.82, 2.24) is 9.97 Å². The number of aromatic nitrogens is 2. The van der Waals surface area contributed by atoms with Crippen molar-refractivity contribution in [3.05, 3.63) is 23.3 Å². The van der Waals surface area contributed by atoms with Crippen LogP contribution in [-0.2, 0) is 0 Å². The van der Waals surface area contributed by atoms with Crippen LogP contribution in [0.15, 0.2) is 6.07 Å². The fourth-order valence-corrected chi connectivity index (χ4v) is 1.40. The fourth-order valence-electron chi connectivity index (χ4n) is 1.40. The average Bonchev–Trinajstić information content (AvgIpc) is 2.02. The molecule has 0 aliphatic carbocycles. The highest BCUT2D eigenvalue weighted by Gasteiger charge is 2.18. The maximum Gasteiger partial charge on any atom is 0.146 e. The first-order valence-corrected chi connectivity index (χ1v) is 4.76. The van der Waals surface area contributed by atoms with Gasteiger partial charge in [0.2, 0.25) is 0 Å². The van der Waals surface area contributed by atoms with E-state index in [0.717, 1.165) is 11.4 Å². The fraction of sp³-hybridized carbons (Fsp3) is 0.545. The van der Waals surface area contributed by atoms with E-state index in [1.165, 1.54) is 0 Å². The molecular formula is C11H15N3. The summed E-state index contributed by atoms with van der Waals surface area (Å²) in [6.45, 7) is 7.86. The number of hydrogen-bond donors (Lipinski definition) is 0. The molecule has 74 valence electrons. The third-order valence-corrected chi connectivity index (χ3v) is 2.08. The normalized spacial score (nSPS) is 12.6. The van der Waals surface area contributed by atoms with Crippen LogP contribution in [0.25, 0.3) is 0 Å². The summed E-state index contributed by atoms with van der Waals surface area (Å²) in [6, 6.07) is 4.16. The minimum Gasteiger partial charge on any atom is -0.237 e. The molecule has 1 unspecified atom stereocenters. The minimum atomic E-state index is -0.200. The van der Waals surface area contributed by atoms with Gasteiger partial charge in [0.25, 0.3) is 0 Å². The lowest BCUT2D eigenvalue weighted by atomic mass is 9.96. The summed E-state index contributed by atoms with van der Waals surface area (Å²) in [4.78, 5) is 8.59. The molecular weight excluding hydrogens is 174 g/mol. The molecule has 1 aromatic rings. The van der Waals surface area contributed by atoms with Gasteiger partial charge in [-0.05, 0) is 25.8 Å². The molecule has 1 heterocycles. The molecule has 0 radical (unpaired) electrons. The van der Waals surface area contributed by atoms with Crippen LogP contribution in [0.1, 0.15) is 37.0 Å². The predicted molar refractivity (Wildman–Crippen MR) is 54.7 cm³/mol. The van der Waals surface area contributed by atoms with Gasteiger partial charge >= 0.3 is 0 Å². The smallest absolute Gasteiger partial charge is 0.146 e. The highest BCUT2D eigenvalue weighted by Crippen LogP contribution is 2.20. The zero-order valence-corrected chi connectivity index (χ0v) is 9.07. The van der Waals surface area contributed by atoms with E-state index in [9.17, 15) is 0 Å². The van der Waals surface area contributed by atoms with Crippen molar-refractivity contribution in [2.75, 3.05) is 0 Å². The van der Waals surface area contributed by atoms with E-state index in [1.807, 2.05) is 33.8 Å². The molecule has 0 amide bonds. The van der Waals surface area contributed by atoms with Crippen LogP contribution in [0, 0.1) is 31.1 Å². The Hall–Kier alpha value is -1.43. The van der Waals surface area contributed by atoms with E-state index in [1.54, 1.807) is 0 Å². The summed E-state index contributed by atoms with van der Waals surface area (Å²) in [7, 11) is 0. The van der Waals surface area contributed by atoms with Gasteiger partial charge < -0.3 is 0 Å². The number of rotatable bonds is 2. The lowest BCUT2D eigenvalue weighted by Crippen LogP contribution is -2.10. The summed E-state index contributed by atoms with van der Waals surface area (Å²) < 4.78 is 0. The van der Waals surface area contributed by atoms with Crippen LogP contribution in [0.3, 0.4) is 0 Å². The molecule has 0 saturated heterocycles.